The number of benzene rings is 1. The van der Waals surface area contributed by atoms with E-state index in [-0.39, 0.29) is 6.04 Å². The highest BCUT2D eigenvalue weighted by Gasteiger charge is 2.21. The van der Waals surface area contributed by atoms with Crippen LogP contribution in [0.4, 0.5) is 5.69 Å². The first-order valence-corrected chi connectivity index (χ1v) is 10.0. The van der Waals surface area contributed by atoms with Gasteiger partial charge in [-0.15, -0.1) is 0 Å². The van der Waals surface area contributed by atoms with Crippen LogP contribution < -0.4 is 5.32 Å². The molecule has 5 rings (SSSR count). The van der Waals surface area contributed by atoms with Crippen LogP contribution in [0.25, 0.3) is 11.4 Å². The van der Waals surface area contributed by atoms with Gasteiger partial charge >= 0.3 is 0 Å². The normalized spacial score (nSPS) is 14.3. The smallest absolute Gasteiger partial charge is 0.181 e. The van der Waals surface area contributed by atoms with Gasteiger partial charge in [0.05, 0.1) is 11.7 Å². The molecular weight excluding hydrogens is 362 g/mol. The minimum Gasteiger partial charge on any atom is -0.375 e. The van der Waals surface area contributed by atoms with Crippen molar-refractivity contribution in [2.45, 2.75) is 38.3 Å². The summed E-state index contributed by atoms with van der Waals surface area (Å²) in [5.74, 6) is 2.66. The number of fused-ring (bicyclic) bond motifs is 1. The van der Waals surface area contributed by atoms with Crippen molar-refractivity contribution in [2.24, 2.45) is 0 Å². The van der Waals surface area contributed by atoms with Crippen molar-refractivity contribution in [3.8, 4) is 11.4 Å². The average molecular weight is 385 g/mol. The van der Waals surface area contributed by atoms with Crippen molar-refractivity contribution < 1.29 is 0 Å². The van der Waals surface area contributed by atoms with Crippen LogP contribution >= 0.6 is 0 Å². The fourth-order valence-electron chi connectivity index (χ4n) is 3.79. The minimum absolute atomic E-state index is 0.0579. The largest absolute Gasteiger partial charge is 0.375 e. The van der Waals surface area contributed by atoms with Crippen molar-refractivity contribution in [1.82, 2.24) is 29.7 Å². The van der Waals surface area contributed by atoms with Gasteiger partial charge in [-0.05, 0) is 37.1 Å². The molecule has 1 atom stereocenters. The summed E-state index contributed by atoms with van der Waals surface area (Å²) < 4.78 is 2.29. The van der Waals surface area contributed by atoms with Gasteiger partial charge in [0.25, 0.3) is 0 Å². The third-order valence-electron chi connectivity index (χ3n) is 5.26. The Morgan fingerprint density at radius 3 is 2.72 bits per heavy atom. The van der Waals surface area contributed by atoms with E-state index in [0.717, 1.165) is 42.2 Å². The van der Waals surface area contributed by atoms with E-state index < -0.39 is 0 Å². The lowest BCUT2D eigenvalue weighted by molar-refractivity contribution is 0.522. The van der Waals surface area contributed by atoms with Crippen molar-refractivity contribution in [2.75, 3.05) is 5.32 Å². The predicted molar refractivity (Wildman–Crippen MR) is 111 cm³/mol. The van der Waals surface area contributed by atoms with Crippen LogP contribution in [0.1, 0.15) is 36.2 Å². The van der Waals surface area contributed by atoms with E-state index in [4.69, 9.17) is 9.97 Å². The third kappa shape index (κ3) is 3.89. The molecule has 7 nitrogen and oxygen atoms in total. The van der Waals surface area contributed by atoms with Crippen molar-refractivity contribution in [3.63, 3.8) is 0 Å². The number of imidazole rings is 1. The molecule has 0 bridgehead atoms. The molecule has 0 amide bonds. The van der Waals surface area contributed by atoms with Crippen LogP contribution in [0.5, 0.6) is 0 Å². The number of nitrogens with zero attached hydrogens (tertiary/aromatic N) is 5. The molecule has 0 spiro atoms. The first-order chi connectivity index (χ1) is 14.3. The summed E-state index contributed by atoms with van der Waals surface area (Å²) in [6.07, 6.45) is 9.94. The van der Waals surface area contributed by atoms with E-state index in [1.54, 1.807) is 12.4 Å². The second-order valence-corrected chi connectivity index (χ2v) is 7.35. The molecule has 3 aromatic heterocycles. The lowest BCUT2D eigenvalue weighted by Gasteiger charge is -2.16. The van der Waals surface area contributed by atoms with Gasteiger partial charge in [-0.3, -0.25) is 10.1 Å². The maximum absolute atomic E-state index is 4.88. The Kier molecular flexibility index (Phi) is 4.78. The van der Waals surface area contributed by atoms with Crippen LogP contribution in [0.2, 0.25) is 0 Å². The summed E-state index contributed by atoms with van der Waals surface area (Å²) in [6, 6.07) is 14.0. The molecule has 1 unspecified atom stereocenters. The zero-order chi connectivity index (χ0) is 19.5. The second kappa shape index (κ2) is 7.87. The summed E-state index contributed by atoms with van der Waals surface area (Å²) in [4.78, 5) is 13.7. The molecule has 0 saturated carbocycles. The lowest BCUT2D eigenvalue weighted by atomic mass is 10.1. The predicted octanol–water partition coefficient (Wildman–Crippen LogP) is 3.80. The zero-order valence-electron chi connectivity index (χ0n) is 16.1. The number of para-hydroxylation sites is 1. The summed E-state index contributed by atoms with van der Waals surface area (Å²) >= 11 is 0. The fraction of sp³-hybridized carbons (Fsp3) is 0.273. The quantitative estimate of drug-likeness (QED) is 0.527. The molecule has 146 valence electrons. The number of aromatic amines is 1. The topological polar surface area (TPSA) is 84.3 Å². The van der Waals surface area contributed by atoms with Gasteiger partial charge in [-0.25, -0.2) is 9.97 Å². The Labute approximate surface area is 169 Å². The van der Waals surface area contributed by atoms with Gasteiger partial charge in [0.2, 0.25) is 0 Å². The number of hydrogen-bond acceptors (Lipinski definition) is 5. The van der Waals surface area contributed by atoms with Gasteiger partial charge in [0.1, 0.15) is 11.6 Å². The molecule has 0 saturated heterocycles. The minimum atomic E-state index is -0.0579. The summed E-state index contributed by atoms with van der Waals surface area (Å²) in [6.45, 7) is 1.06. The highest BCUT2D eigenvalue weighted by atomic mass is 15.2. The number of rotatable bonds is 6. The van der Waals surface area contributed by atoms with E-state index >= 15 is 0 Å². The first-order valence-electron chi connectivity index (χ1n) is 10.0. The Balaban J connectivity index is 1.44. The number of H-pyrrole nitrogens is 1. The van der Waals surface area contributed by atoms with E-state index in [1.165, 1.54) is 18.7 Å². The molecule has 0 aliphatic carbocycles. The lowest BCUT2D eigenvalue weighted by Crippen LogP contribution is -2.15. The Hall–Kier alpha value is -3.48. The van der Waals surface area contributed by atoms with Crippen LogP contribution in [0, 0.1) is 0 Å². The second-order valence-electron chi connectivity index (χ2n) is 7.35. The van der Waals surface area contributed by atoms with E-state index in [9.17, 15) is 0 Å². The number of nitrogens with one attached hydrogen (secondary N) is 2. The maximum atomic E-state index is 4.88. The molecule has 1 aromatic carbocycles. The van der Waals surface area contributed by atoms with Gasteiger partial charge in [-0.1, -0.05) is 18.2 Å². The SMILES string of the molecule is c1ccc(NC(Cc2cn3c(n2)CCCC3)c2nc(-c3ccncc3)n[nH]2)cc1. The first kappa shape index (κ1) is 17.6. The molecule has 0 fully saturated rings. The van der Waals surface area contributed by atoms with Crippen LogP contribution in [0.3, 0.4) is 0 Å². The van der Waals surface area contributed by atoms with Crippen molar-refractivity contribution >= 4 is 5.69 Å². The molecule has 1 aliphatic heterocycles. The monoisotopic (exact) mass is 385 g/mol. The number of aryl methyl sites for hydroxylation is 2. The molecular formula is C22H23N7. The van der Waals surface area contributed by atoms with E-state index in [0.29, 0.717) is 5.82 Å². The number of hydrogen-bond donors (Lipinski definition) is 2. The van der Waals surface area contributed by atoms with Gasteiger partial charge in [-0.2, -0.15) is 5.10 Å². The molecule has 7 heteroatoms. The van der Waals surface area contributed by atoms with Crippen molar-refractivity contribution in [3.05, 3.63) is 78.4 Å². The number of pyridine rings is 1. The molecule has 4 heterocycles. The molecule has 2 N–H and O–H groups in total. The molecule has 0 radical (unpaired) electrons. The van der Waals surface area contributed by atoms with Gasteiger partial charge in [0.15, 0.2) is 5.82 Å². The van der Waals surface area contributed by atoms with Crippen LogP contribution in [-0.2, 0) is 19.4 Å². The van der Waals surface area contributed by atoms with Crippen molar-refractivity contribution in [1.29, 1.82) is 0 Å². The number of aromatic nitrogens is 6. The standard InChI is InChI=1S/C22H23N7/c1-2-6-17(7-3-1)24-19(14-18-15-29-13-5-4-8-20(29)25-18)22-26-21(27-28-22)16-9-11-23-12-10-16/h1-3,6-7,9-12,15,19,24H,4-5,8,13-14H2,(H,26,27,28). The maximum Gasteiger partial charge on any atom is 0.181 e. The third-order valence-corrected chi connectivity index (χ3v) is 5.26. The Morgan fingerprint density at radius 2 is 1.90 bits per heavy atom. The van der Waals surface area contributed by atoms with Crippen LogP contribution in [-0.4, -0.2) is 29.7 Å². The van der Waals surface area contributed by atoms with Crippen LogP contribution in [0.15, 0.2) is 61.1 Å². The van der Waals surface area contributed by atoms with Gasteiger partial charge in [0, 0.05) is 49.2 Å². The Morgan fingerprint density at radius 1 is 1.03 bits per heavy atom. The highest BCUT2D eigenvalue weighted by molar-refractivity contribution is 5.53. The Bertz CT molecular complexity index is 1050. The fourth-order valence-corrected chi connectivity index (χ4v) is 3.79. The zero-order valence-corrected chi connectivity index (χ0v) is 16.1. The van der Waals surface area contributed by atoms with Gasteiger partial charge < -0.3 is 9.88 Å². The number of anilines is 1. The van der Waals surface area contributed by atoms with E-state index in [2.05, 4.69) is 43.4 Å². The molecule has 4 aromatic rings. The average Bonchev–Trinajstić information content (AvgIpc) is 3.42. The van der Waals surface area contributed by atoms with E-state index in [1.807, 2.05) is 30.3 Å². The molecule has 29 heavy (non-hydrogen) atoms. The summed E-state index contributed by atoms with van der Waals surface area (Å²) in [5.41, 5.74) is 3.07. The molecule has 1 aliphatic rings. The summed E-state index contributed by atoms with van der Waals surface area (Å²) in [5, 5.41) is 11.1. The highest BCUT2D eigenvalue weighted by Crippen LogP contribution is 2.24. The summed E-state index contributed by atoms with van der Waals surface area (Å²) in [7, 11) is 0.